The second-order valence-corrected chi connectivity index (χ2v) is 5.11. The molecule has 0 radical (unpaired) electrons. The molecule has 1 aromatic rings. The van der Waals surface area contributed by atoms with Crippen molar-refractivity contribution in [1.29, 1.82) is 0 Å². The van der Waals surface area contributed by atoms with Gasteiger partial charge in [-0.25, -0.2) is 0 Å². The van der Waals surface area contributed by atoms with Crippen LogP contribution in [0.4, 0.5) is 5.00 Å². The Balaban J connectivity index is 2.31. The molecule has 1 heterocycles. The summed E-state index contributed by atoms with van der Waals surface area (Å²) in [6.45, 7) is 4.51. The van der Waals surface area contributed by atoms with Gasteiger partial charge in [-0.05, 0) is 11.7 Å². The zero-order valence-corrected chi connectivity index (χ0v) is 10.5. The predicted molar refractivity (Wildman–Crippen MR) is 65.1 cm³/mol. The Bertz CT molecular complexity index is 262. The first kappa shape index (κ1) is 11.8. The second-order valence-electron chi connectivity index (χ2n) is 3.33. The lowest BCUT2D eigenvalue weighted by Crippen LogP contribution is -1.97. The maximum absolute atomic E-state index is 4.09. The number of thioether (sulfide) groups is 1. The molecule has 1 unspecified atom stereocenters. The van der Waals surface area contributed by atoms with E-state index in [1.54, 1.807) is 0 Å². The molecule has 1 N–H and O–H groups in total. The highest BCUT2D eigenvalue weighted by atomic mass is 32.2. The maximum Gasteiger partial charge on any atom is 0.133 e. The Morgan fingerprint density at radius 3 is 3.00 bits per heavy atom. The van der Waals surface area contributed by atoms with Crippen LogP contribution < -0.4 is 5.32 Å². The summed E-state index contributed by atoms with van der Waals surface area (Å²) in [7, 11) is 1.91. The fourth-order valence-corrected chi connectivity index (χ4v) is 2.74. The molecule has 5 heteroatoms. The van der Waals surface area contributed by atoms with E-state index < -0.39 is 0 Å². The minimum Gasteiger partial charge on any atom is -0.377 e. The minimum absolute atomic E-state index is 0.796. The van der Waals surface area contributed by atoms with Crippen molar-refractivity contribution < 1.29 is 0 Å². The minimum atomic E-state index is 0.796. The molecule has 3 nitrogen and oxygen atoms in total. The van der Waals surface area contributed by atoms with Crippen LogP contribution in [0.2, 0.25) is 0 Å². The lowest BCUT2D eigenvalue weighted by atomic mass is 10.2. The van der Waals surface area contributed by atoms with Crippen molar-refractivity contribution >= 4 is 28.3 Å². The first-order valence-corrected chi connectivity index (χ1v) is 6.77. The number of rotatable bonds is 6. The summed E-state index contributed by atoms with van der Waals surface area (Å²) in [5.41, 5.74) is 1.09. The monoisotopic (exact) mass is 231 g/mol. The maximum atomic E-state index is 4.09. The van der Waals surface area contributed by atoms with Crippen LogP contribution in [0.15, 0.2) is 0 Å². The molecule has 1 aromatic heterocycles. The molecule has 0 aliphatic rings. The third-order valence-corrected chi connectivity index (χ3v) is 4.19. The average Bonchev–Trinajstić information content (AvgIpc) is 2.65. The largest absolute Gasteiger partial charge is 0.377 e. The smallest absolute Gasteiger partial charge is 0.133 e. The first-order valence-electron chi connectivity index (χ1n) is 4.84. The molecule has 0 amide bonds. The third kappa shape index (κ3) is 3.46. The van der Waals surface area contributed by atoms with Gasteiger partial charge in [-0.3, -0.25) is 0 Å². The molecular formula is C9H17N3S2. The molecule has 0 saturated carbocycles. The van der Waals surface area contributed by atoms with Gasteiger partial charge >= 0.3 is 0 Å². The number of hydrogen-bond acceptors (Lipinski definition) is 5. The lowest BCUT2D eigenvalue weighted by Gasteiger charge is -2.06. The molecule has 0 aromatic carbocycles. The van der Waals surface area contributed by atoms with Crippen molar-refractivity contribution in [3.63, 3.8) is 0 Å². The van der Waals surface area contributed by atoms with Crippen molar-refractivity contribution in [3.05, 3.63) is 5.69 Å². The Hall–Kier alpha value is -0.290. The van der Waals surface area contributed by atoms with Crippen molar-refractivity contribution in [2.24, 2.45) is 5.92 Å². The van der Waals surface area contributed by atoms with Crippen LogP contribution in [0.3, 0.4) is 0 Å². The van der Waals surface area contributed by atoms with Crippen LogP contribution in [-0.2, 0) is 5.75 Å². The number of nitrogens with one attached hydrogen (secondary N) is 1. The highest BCUT2D eigenvalue weighted by molar-refractivity contribution is 7.98. The van der Waals surface area contributed by atoms with E-state index in [0.717, 1.165) is 22.4 Å². The van der Waals surface area contributed by atoms with Crippen molar-refractivity contribution in [3.8, 4) is 0 Å². The van der Waals surface area contributed by atoms with E-state index in [2.05, 4.69) is 28.8 Å². The summed E-state index contributed by atoms with van der Waals surface area (Å²) >= 11 is 3.37. The molecule has 14 heavy (non-hydrogen) atoms. The molecule has 1 atom stereocenters. The standard InChI is InChI=1S/C9H17N3S2/c1-4-7(2)5-13-6-8-9(10-3)14-12-11-8/h7,10H,4-6H2,1-3H3. The van der Waals surface area contributed by atoms with Gasteiger partial charge in [-0.1, -0.05) is 24.8 Å². The molecule has 1 rings (SSSR count). The van der Waals surface area contributed by atoms with Gasteiger partial charge in [0.2, 0.25) is 0 Å². The van der Waals surface area contributed by atoms with Crippen molar-refractivity contribution in [2.45, 2.75) is 26.0 Å². The molecule has 0 fully saturated rings. The van der Waals surface area contributed by atoms with Gasteiger partial charge in [0.25, 0.3) is 0 Å². The highest BCUT2D eigenvalue weighted by Crippen LogP contribution is 2.23. The lowest BCUT2D eigenvalue weighted by molar-refractivity contribution is 0.637. The van der Waals surface area contributed by atoms with Crippen molar-refractivity contribution in [2.75, 3.05) is 18.1 Å². The Morgan fingerprint density at radius 2 is 2.36 bits per heavy atom. The average molecular weight is 231 g/mol. The Labute approximate surface area is 93.8 Å². The normalized spacial score (nSPS) is 12.8. The van der Waals surface area contributed by atoms with E-state index in [4.69, 9.17) is 0 Å². The van der Waals surface area contributed by atoms with Gasteiger partial charge in [-0.15, -0.1) is 5.10 Å². The van der Waals surface area contributed by atoms with Crippen LogP contribution in [0, 0.1) is 5.92 Å². The van der Waals surface area contributed by atoms with E-state index >= 15 is 0 Å². The van der Waals surface area contributed by atoms with Crippen LogP contribution in [0.5, 0.6) is 0 Å². The molecule has 80 valence electrons. The van der Waals surface area contributed by atoms with E-state index in [-0.39, 0.29) is 0 Å². The van der Waals surface area contributed by atoms with Crippen LogP contribution in [-0.4, -0.2) is 22.4 Å². The first-order chi connectivity index (χ1) is 6.77. The third-order valence-electron chi connectivity index (χ3n) is 2.12. The fraction of sp³-hybridized carbons (Fsp3) is 0.778. The Morgan fingerprint density at radius 1 is 1.57 bits per heavy atom. The van der Waals surface area contributed by atoms with Gasteiger partial charge in [0.05, 0.1) is 0 Å². The summed E-state index contributed by atoms with van der Waals surface area (Å²) in [6.07, 6.45) is 1.25. The number of nitrogens with zero attached hydrogens (tertiary/aromatic N) is 2. The molecular weight excluding hydrogens is 214 g/mol. The van der Waals surface area contributed by atoms with E-state index in [0.29, 0.717) is 0 Å². The van der Waals surface area contributed by atoms with Crippen LogP contribution in [0.1, 0.15) is 26.0 Å². The van der Waals surface area contributed by atoms with Gasteiger partial charge in [0.1, 0.15) is 10.7 Å². The van der Waals surface area contributed by atoms with Gasteiger partial charge < -0.3 is 5.32 Å². The van der Waals surface area contributed by atoms with Gasteiger partial charge in [0, 0.05) is 24.3 Å². The summed E-state index contributed by atoms with van der Waals surface area (Å²) in [5.74, 6) is 2.97. The quantitative estimate of drug-likeness (QED) is 0.817. The van der Waals surface area contributed by atoms with Crippen molar-refractivity contribution in [1.82, 2.24) is 9.59 Å². The SMILES string of the molecule is CCC(C)CSCc1nnsc1NC. The second kappa shape index (κ2) is 6.24. The van der Waals surface area contributed by atoms with Crippen LogP contribution >= 0.6 is 23.3 Å². The van der Waals surface area contributed by atoms with Crippen LogP contribution in [0.25, 0.3) is 0 Å². The predicted octanol–water partition coefficient (Wildman–Crippen LogP) is 2.86. The zero-order chi connectivity index (χ0) is 10.4. The zero-order valence-electron chi connectivity index (χ0n) is 8.91. The molecule has 0 aliphatic heterocycles. The summed E-state index contributed by atoms with van der Waals surface area (Å²) in [5, 5.41) is 8.30. The molecule has 0 spiro atoms. The number of anilines is 1. The summed E-state index contributed by atoms with van der Waals surface area (Å²) in [4.78, 5) is 0. The van der Waals surface area contributed by atoms with Gasteiger partial charge in [-0.2, -0.15) is 11.8 Å². The Kier molecular flexibility index (Phi) is 5.25. The van der Waals surface area contributed by atoms with E-state index in [1.807, 2.05) is 18.8 Å². The van der Waals surface area contributed by atoms with Gasteiger partial charge in [0.15, 0.2) is 0 Å². The molecule has 0 aliphatic carbocycles. The highest BCUT2D eigenvalue weighted by Gasteiger charge is 2.06. The molecule has 0 bridgehead atoms. The van der Waals surface area contributed by atoms with E-state index in [9.17, 15) is 0 Å². The fourth-order valence-electron chi connectivity index (χ4n) is 0.968. The molecule has 0 saturated heterocycles. The summed E-state index contributed by atoms with van der Waals surface area (Å²) in [6, 6.07) is 0. The summed E-state index contributed by atoms with van der Waals surface area (Å²) < 4.78 is 3.93. The van der Waals surface area contributed by atoms with E-state index in [1.165, 1.54) is 23.7 Å². The number of aromatic nitrogens is 2. The number of hydrogen-bond donors (Lipinski definition) is 1. The topological polar surface area (TPSA) is 37.8 Å².